The fourth-order valence-electron chi connectivity index (χ4n) is 2.59. The van der Waals surface area contributed by atoms with E-state index >= 15 is 0 Å². The molecule has 2 rings (SSSR count). The van der Waals surface area contributed by atoms with Crippen LogP contribution < -0.4 is 15.5 Å². The van der Waals surface area contributed by atoms with Crippen LogP contribution in [0, 0.1) is 6.92 Å². The molecule has 0 aliphatic heterocycles. The Balaban J connectivity index is 1.91. The fourth-order valence-corrected chi connectivity index (χ4v) is 3.04. The third-order valence-corrected chi connectivity index (χ3v) is 4.52. The average Bonchev–Trinajstić information content (AvgIpc) is 2.59. The van der Waals surface area contributed by atoms with Crippen LogP contribution in [0.4, 0.5) is 24.5 Å². The minimum Gasteiger partial charge on any atom is -0.370 e. The maximum absolute atomic E-state index is 12.9. The number of aryl methyl sites for hydroxylation is 1. The van der Waals surface area contributed by atoms with Crippen molar-refractivity contribution in [2.75, 3.05) is 29.9 Å². The van der Waals surface area contributed by atoms with Gasteiger partial charge in [-0.25, -0.2) is 0 Å². The van der Waals surface area contributed by atoms with Gasteiger partial charge in [0.05, 0.1) is 10.6 Å². The monoisotopic (exact) mass is 415 g/mol. The molecule has 2 N–H and O–H groups in total. The minimum atomic E-state index is -4.51. The molecule has 8 heteroatoms. The van der Waals surface area contributed by atoms with E-state index in [2.05, 4.69) is 28.5 Å². The van der Waals surface area contributed by atoms with E-state index in [1.54, 1.807) is 0 Å². The summed E-state index contributed by atoms with van der Waals surface area (Å²) in [6.07, 6.45) is -4.51. The van der Waals surface area contributed by atoms with Crippen molar-refractivity contribution in [2.24, 2.45) is 0 Å². The fraction of sp³-hybridized carbons (Fsp3) is 0.316. The Morgan fingerprint density at radius 1 is 1.19 bits per heavy atom. The third-order valence-electron chi connectivity index (χ3n) is 3.95. The summed E-state index contributed by atoms with van der Waals surface area (Å²) in [4.78, 5) is 2.19. The Morgan fingerprint density at radius 3 is 2.56 bits per heavy atom. The summed E-state index contributed by atoms with van der Waals surface area (Å²) in [6, 6.07) is 11.8. The molecule has 0 aromatic heterocycles. The van der Waals surface area contributed by atoms with Crippen molar-refractivity contribution in [1.29, 1.82) is 0 Å². The van der Waals surface area contributed by atoms with Crippen LogP contribution >= 0.6 is 23.8 Å². The zero-order valence-corrected chi connectivity index (χ0v) is 16.6. The summed E-state index contributed by atoms with van der Waals surface area (Å²) in [5.41, 5.74) is 1.63. The molecule has 27 heavy (non-hydrogen) atoms. The molecule has 0 radical (unpaired) electrons. The Hall–Kier alpha value is -1.99. The molecular weight excluding hydrogens is 395 g/mol. The van der Waals surface area contributed by atoms with E-state index in [0.29, 0.717) is 13.1 Å². The number of alkyl halides is 3. The smallest absolute Gasteiger partial charge is 0.370 e. The molecule has 3 nitrogen and oxygen atoms in total. The van der Waals surface area contributed by atoms with Gasteiger partial charge in [0.1, 0.15) is 0 Å². The van der Waals surface area contributed by atoms with E-state index in [9.17, 15) is 13.2 Å². The van der Waals surface area contributed by atoms with Crippen molar-refractivity contribution in [1.82, 2.24) is 5.32 Å². The Kier molecular flexibility index (Phi) is 7.33. The number of hydrogen-bond donors (Lipinski definition) is 2. The minimum absolute atomic E-state index is 0.232. The Bertz CT molecular complexity index is 796. The first-order chi connectivity index (χ1) is 12.7. The van der Waals surface area contributed by atoms with Gasteiger partial charge in [0.15, 0.2) is 5.11 Å². The molecule has 0 saturated carbocycles. The number of benzene rings is 2. The van der Waals surface area contributed by atoms with Crippen molar-refractivity contribution >= 4 is 40.3 Å². The lowest BCUT2D eigenvalue weighted by Gasteiger charge is -2.24. The van der Waals surface area contributed by atoms with Crippen LogP contribution in [0.3, 0.4) is 0 Å². The van der Waals surface area contributed by atoms with Crippen molar-refractivity contribution in [3.05, 3.63) is 58.6 Å². The molecule has 0 bridgehead atoms. The summed E-state index contributed by atoms with van der Waals surface area (Å²) in [5, 5.41) is 5.69. The van der Waals surface area contributed by atoms with Gasteiger partial charge in [-0.1, -0.05) is 23.7 Å². The topological polar surface area (TPSA) is 27.3 Å². The van der Waals surface area contributed by atoms with Crippen LogP contribution in [0.2, 0.25) is 5.02 Å². The van der Waals surface area contributed by atoms with E-state index in [4.69, 9.17) is 23.8 Å². The molecule has 0 saturated heterocycles. The highest BCUT2D eigenvalue weighted by molar-refractivity contribution is 7.80. The molecule has 146 valence electrons. The summed E-state index contributed by atoms with van der Waals surface area (Å²) < 4.78 is 38.8. The van der Waals surface area contributed by atoms with Crippen LogP contribution in [0.1, 0.15) is 18.1 Å². The van der Waals surface area contributed by atoms with Gasteiger partial charge in [0, 0.05) is 31.0 Å². The highest BCUT2D eigenvalue weighted by Gasteiger charge is 2.33. The van der Waals surface area contributed by atoms with E-state index in [0.717, 1.165) is 18.3 Å². The van der Waals surface area contributed by atoms with Gasteiger partial charge >= 0.3 is 6.18 Å². The quantitative estimate of drug-likeness (QED) is 0.611. The second-order valence-corrected chi connectivity index (χ2v) is 6.81. The van der Waals surface area contributed by atoms with Crippen molar-refractivity contribution < 1.29 is 13.2 Å². The zero-order valence-electron chi connectivity index (χ0n) is 15.0. The lowest BCUT2D eigenvalue weighted by Crippen LogP contribution is -2.37. The molecule has 0 atom stereocenters. The highest BCUT2D eigenvalue weighted by atomic mass is 35.5. The van der Waals surface area contributed by atoms with Crippen LogP contribution in [0.5, 0.6) is 0 Å². The highest BCUT2D eigenvalue weighted by Crippen LogP contribution is 2.36. The molecular formula is C19H21ClF3N3S. The zero-order chi connectivity index (χ0) is 20.0. The van der Waals surface area contributed by atoms with Gasteiger partial charge < -0.3 is 15.5 Å². The molecule has 2 aromatic rings. The molecule has 0 fully saturated rings. The van der Waals surface area contributed by atoms with E-state index < -0.39 is 11.7 Å². The summed E-state index contributed by atoms with van der Waals surface area (Å²) >= 11 is 10.8. The number of thiocarbonyl (C=S) groups is 1. The first-order valence-electron chi connectivity index (χ1n) is 8.44. The lowest BCUT2D eigenvalue weighted by molar-refractivity contribution is -0.137. The molecule has 0 amide bonds. The molecule has 0 aliphatic rings. The second-order valence-electron chi connectivity index (χ2n) is 5.99. The molecule has 0 unspecified atom stereocenters. The summed E-state index contributed by atoms with van der Waals surface area (Å²) in [5.74, 6) is 0. The molecule has 0 aliphatic carbocycles. The van der Waals surface area contributed by atoms with Crippen molar-refractivity contribution in [2.45, 2.75) is 20.0 Å². The number of nitrogens with zero attached hydrogens (tertiary/aromatic N) is 1. The average molecular weight is 416 g/mol. The second kappa shape index (κ2) is 9.28. The Morgan fingerprint density at radius 2 is 1.93 bits per heavy atom. The van der Waals surface area contributed by atoms with Gasteiger partial charge in [-0.05, 0) is 62.0 Å². The molecule has 0 spiro atoms. The number of rotatable bonds is 6. The Labute approximate surface area is 167 Å². The van der Waals surface area contributed by atoms with Gasteiger partial charge in [-0.15, -0.1) is 0 Å². The van der Waals surface area contributed by atoms with Crippen LogP contribution in [-0.4, -0.2) is 24.7 Å². The molecule has 0 heterocycles. The maximum Gasteiger partial charge on any atom is 0.417 e. The van der Waals surface area contributed by atoms with E-state index in [1.165, 1.54) is 17.7 Å². The van der Waals surface area contributed by atoms with Crippen LogP contribution in [0.15, 0.2) is 42.5 Å². The van der Waals surface area contributed by atoms with E-state index in [-0.39, 0.29) is 15.8 Å². The normalized spacial score (nSPS) is 11.2. The largest absolute Gasteiger partial charge is 0.417 e. The van der Waals surface area contributed by atoms with E-state index in [1.807, 2.05) is 25.1 Å². The lowest BCUT2D eigenvalue weighted by atomic mass is 10.2. The first-order valence-corrected chi connectivity index (χ1v) is 9.22. The number of nitrogens with one attached hydrogen (secondary N) is 2. The molecule has 2 aromatic carbocycles. The van der Waals surface area contributed by atoms with Gasteiger partial charge in [0.25, 0.3) is 0 Å². The number of likely N-dealkylation sites (N-methyl/N-ethyl adjacent to an activating group) is 1. The van der Waals surface area contributed by atoms with Crippen LogP contribution in [-0.2, 0) is 6.18 Å². The summed E-state index contributed by atoms with van der Waals surface area (Å²) in [7, 11) is 0. The first kappa shape index (κ1) is 21.3. The predicted octanol–water partition coefficient (Wildman–Crippen LogP) is 5.48. The maximum atomic E-state index is 12.9. The van der Waals surface area contributed by atoms with Crippen molar-refractivity contribution in [3.63, 3.8) is 0 Å². The van der Waals surface area contributed by atoms with Crippen LogP contribution in [0.25, 0.3) is 0 Å². The predicted molar refractivity (Wildman–Crippen MR) is 110 cm³/mol. The van der Waals surface area contributed by atoms with Gasteiger partial charge in [0.2, 0.25) is 0 Å². The van der Waals surface area contributed by atoms with Crippen molar-refractivity contribution in [3.8, 4) is 0 Å². The number of halogens is 4. The van der Waals surface area contributed by atoms with Gasteiger partial charge in [-0.3, -0.25) is 0 Å². The van der Waals surface area contributed by atoms with Gasteiger partial charge in [-0.2, -0.15) is 13.2 Å². The number of hydrogen-bond acceptors (Lipinski definition) is 2. The third kappa shape index (κ3) is 6.29. The number of anilines is 2. The standard InChI is InChI=1S/C19H21ClF3N3S/c1-3-26(15-6-4-5-13(2)11-15)10-9-24-18(27)25-14-7-8-17(20)16(12-14)19(21,22)23/h4-8,11-12H,3,9-10H2,1-2H3,(H2,24,25,27). The SMILES string of the molecule is CCN(CCNC(=S)Nc1ccc(Cl)c(C(F)(F)F)c1)c1cccc(C)c1. The summed E-state index contributed by atoms with van der Waals surface area (Å²) in [6.45, 7) is 6.18.